The predicted molar refractivity (Wildman–Crippen MR) is 108 cm³/mol. The molecule has 0 radical (unpaired) electrons. The van der Waals surface area contributed by atoms with E-state index in [1.165, 1.54) is 18.7 Å². The Morgan fingerprint density at radius 2 is 2.04 bits per heavy atom. The minimum absolute atomic E-state index is 0.0111. The molecule has 142 valence electrons. The number of unbranched alkanes of at least 4 members (excludes halogenated alkanes) is 3. The molecule has 0 fully saturated rings. The summed E-state index contributed by atoms with van der Waals surface area (Å²) in [7, 11) is 0. The van der Waals surface area contributed by atoms with E-state index in [0.717, 1.165) is 25.7 Å². The van der Waals surface area contributed by atoms with Crippen LogP contribution in [0.15, 0.2) is 45.5 Å². The molecule has 0 saturated carbocycles. The summed E-state index contributed by atoms with van der Waals surface area (Å²) in [6.07, 6.45) is 4.14. The average Bonchev–Trinajstić information content (AvgIpc) is 2.65. The lowest BCUT2D eigenvalue weighted by Gasteiger charge is -2.13. The number of benzene rings is 1. The van der Waals surface area contributed by atoms with Crippen LogP contribution in [-0.4, -0.2) is 21.1 Å². The lowest BCUT2D eigenvalue weighted by atomic mass is 10.2. The highest BCUT2D eigenvalue weighted by molar-refractivity contribution is 7.99. The molecule has 0 unspecified atom stereocenters. The van der Waals surface area contributed by atoms with Gasteiger partial charge in [-0.25, -0.2) is 4.98 Å². The number of nitrogens with two attached hydrogens (primary N) is 1. The summed E-state index contributed by atoms with van der Waals surface area (Å²) in [5, 5.41) is 10.1. The molecule has 1 aromatic carbocycles. The van der Waals surface area contributed by atoms with Crippen LogP contribution in [0.4, 0.5) is 0 Å². The van der Waals surface area contributed by atoms with E-state index in [2.05, 4.69) is 11.9 Å². The molecule has 6 nitrogen and oxygen atoms in total. The van der Waals surface area contributed by atoms with Crippen molar-refractivity contribution in [3.05, 3.63) is 45.9 Å². The SMILES string of the molecule is CCCCCCn1c(SCC(=O)/C(C#N)=C(/C)N)nc2ccccc2c1=O. The Hall–Kier alpha value is -2.59. The Labute approximate surface area is 163 Å². The van der Waals surface area contributed by atoms with Crippen LogP contribution in [0, 0.1) is 11.3 Å². The summed E-state index contributed by atoms with van der Waals surface area (Å²) in [4.78, 5) is 29.7. The summed E-state index contributed by atoms with van der Waals surface area (Å²) < 4.78 is 1.64. The molecule has 1 heterocycles. The number of hydrogen-bond donors (Lipinski definition) is 1. The third-order valence-corrected chi connectivity index (χ3v) is 5.16. The first kappa shape index (κ1) is 20.7. The lowest BCUT2D eigenvalue weighted by Crippen LogP contribution is -2.24. The molecule has 2 rings (SSSR count). The van der Waals surface area contributed by atoms with E-state index in [0.29, 0.717) is 22.6 Å². The van der Waals surface area contributed by atoms with Gasteiger partial charge in [-0.2, -0.15) is 5.26 Å². The minimum Gasteiger partial charge on any atom is -0.401 e. The molecular weight excluding hydrogens is 360 g/mol. The van der Waals surface area contributed by atoms with Gasteiger partial charge in [0.25, 0.3) is 5.56 Å². The number of carbonyl (C=O) groups excluding carboxylic acids is 1. The maximum Gasteiger partial charge on any atom is 0.262 e. The Bertz CT molecular complexity index is 953. The number of thioether (sulfide) groups is 1. The first-order chi connectivity index (χ1) is 13.0. The molecule has 0 saturated heterocycles. The van der Waals surface area contributed by atoms with E-state index in [1.54, 1.807) is 16.7 Å². The summed E-state index contributed by atoms with van der Waals surface area (Å²) in [5.74, 6) is -0.348. The molecule has 27 heavy (non-hydrogen) atoms. The summed E-state index contributed by atoms with van der Waals surface area (Å²) in [6.45, 7) is 4.22. The van der Waals surface area contributed by atoms with Crippen LogP contribution in [0.5, 0.6) is 0 Å². The second-order valence-corrected chi connectivity index (χ2v) is 7.25. The second-order valence-electron chi connectivity index (χ2n) is 6.31. The second kappa shape index (κ2) is 9.93. The smallest absolute Gasteiger partial charge is 0.262 e. The van der Waals surface area contributed by atoms with E-state index in [1.807, 2.05) is 18.2 Å². The van der Waals surface area contributed by atoms with E-state index in [9.17, 15) is 9.59 Å². The van der Waals surface area contributed by atoms with Gasteiger partial charge in [0.05, 0.1) is 16.7 Å². The number of hydrogen-bond acceptors (Lipinski definition) is 6. The van der Waals surface area contributed by atoms with Crippen molar-refractivity contribution >= 4 is 28.4 Å². The van der Waals surface area contributed by atoms with Gasteiger partial charge < -0.3 is 5.73 Å². The number of rotatable bonds is 9. The molecule has 0 aliphatic carbocycles. The number of para-hydroxylation sites is 1. The molecule has 0 aliphatic rings. The van der Waals surface area contributed by atoms with Crippen LogP contribution in [0.3, 0.4) is 0 Å². The topological polar surface area (TPSA) is 102 Å². The van der Waals surface area contributed by atoms with Crippen LogP contribution < -0.4 is 11.3 Å². The van der Waals surface area contributed by atoms with Crippen LogP contribution >= 0.6 is 11.8 Å². The zero-order valence-electron chi connectivity index (χ0n) is 15.7. The Morgan fingerprint density at radius 1 is 1.30 bits per heavy atom. The maximum atomic E-state index is 12.9. The van der Waals surface area contributed by atoms with Gasteiger partial charge in [-0.15, -0.1) is 0 Å². The molecular formula is C20H24N4O2S. The van der Waals surface area contributed by atoms with Gasteiger partial charge >= 0.3 is 0 Å². The van der Waals surface area contributed by atoms with Gasteiger partial charge in [-0.1, -0.05) is 50.1 Å². The van der Waals surface area contributed by atoms with Gasteiger partial charge in [-0.05, 0) is 25.5 Å². The van der Waals surface area contributed by atoms with Gasteiger partial charge in [0.2, 0.25) is 0 Å². The monoisotopic (exact) mass is 384 g/mol. The minimum atomic E-state index is -0.359. The molecule has 1 aromatic heterocycles. The molecule has 0 bridgehead atoms. The highest BCUT2D eigenvalue weighted by Gasteiger charge is 2.16. The fourth-order valence-electron chi connectivity index (χ4n) is 2.72. The van der Waals surface area contributed by atoms with Crippen molar-refractivity contribution in [1.82, 2.24) is 9.55 Å². The van der Waals surface area contributed by atoms with Crippen LogP contribution in [0.25, 0.3) is 10.9 Å². The third-order valence-electron chi connectivity index (χ3n) is 4.18. The highest BCUT2D eigenvalue weighted by atomic mass is 32.2. The van der Waals surface area contributed by atoms with E-state index in [-0.39, 0.29) is 28.4 Å². The summed E-state index contributed by atoms with van der Waals surface area (Å²) in [6, 6.07) is 9.04. The molecule has 0 aliphatic heterocycles. The number of carbonyl (C=O) groups is 1. The lowest BCUT2D eigenvalue weighted by molar-refractivity contribution is -0.112. The van der Waals surface area contributed by atoms with Crippen molar-refractivity contribution in [3.8, 4) is 6.07 Å². The van der Waals surface area contributed by atoms with Crippen LogP contribution in [-0.2, 0) is 11.3 Å². The number of nitriles is 1. The fourth-order valence-corrected chi connectivity index (χ4v) is 3.62. The van der Waals surface area contributed by atoms with E-state index in [4.69, 9.17) is 11.0 Å². The van der Waals surface area contributed by atoms with Gasteiger partial charge in [0, 0.05) is 12.2 Å². The first-order valence-corrected chi connectivity index (χ1v) is 10.00. The normalized spacial score (nSPS) is 11.9. The van der Waals surface area contributed by atoms with Gasteiger partial charge in [0.1, 0.15) is 11.6 Å². The molecule has 2 aromatic rings. The quantitative estimate of drug-likeness (QED) is 0.234. The van der Waals surface area contributed by atoms with Crippen molar-refractivity contribution in [2.75, 3.05) is 5.75 Å². The Morgan fingerprint density at radius 3 is 2.70 bits per heavy atom. The van der Waals surface area contributed by atoms with Gasteiger partial charge in [0.15, 0.2) is 10.9 Å². The standard InChI is InChI=1S/C20H24N4O2S/c1-3-4-5-8-11-24-19(26)15-9-6-7-10-17(15)23-20(24)27-13-18(25)16(12-21)14(2)22/h6-7,9-10H,3-5,8,11,13,22H2,1-2H3/b16-14-. The Balaban J connectivity index is 2.33. The van der Waals surface area contributed by atoms with Crippen molar-refractivity contribution in [3.63, 3.8) is 0 Å². The van der Waals surface area contributed by atoms with Crippen LogP contribution in [0.1, 0.15) is 39.5 Å². The van der Waals surface area contributed by atoms with Crippen molar-refractivity contribution in [2.45, 2.75) is 51.2 Å². The molecule has 0 atom stereocenters. The number of aromatic nitrogens is 2. The molecule has 7 heteroatoms. The Kier molecular flexibility index (Phi) is 7.62. The summed E-state index contributed by atoms with van der Waals surface area (Å²) >= 11 is 1.17. The highest BCUT2D eigenvalue weighted by Crippen LogP contribution is 2.20. The largest absolute Gasteiger partial charge is 0.401 e. The number of fused-ring (bicyclic) bond motifs is 1. The summed E-state index contributed by atoms with van der Waals surface area (Å²) in [5.41, 5.74) is 6.26. The number of nitrogens with zero attached hydrogens (tertiary/aromatic N) is 3. The van der Waals surface area contributed by atoms with Gasteiger partial charge in [-0.3, -0.25) is 14.2 Å². The average molecular weight is 385 g/mol. The molecule has 0 amide bonds. The predicted octanol–water partition coefficient (Wildman–Crippen LogP) is 3.39. The fraction of sp³-hybridized carbons (Fsp3) is 0.400. The third kappa shape index (κ3) is 5.20. The maximum absolute atomic E-state index is 12.9. The van der Waals surface area contributed by atoms with E-state index < -0.39 is 0 Å². The number of allylic oxidation sites excluding steroid dienone is 2. The van der Waals surface area contributed by atoms with Crippen molar-refractivity contribution in [2.24, 2.45) is 5.73 Å². The zero-order chi connectivity index (χ0) is 19.8. The molecule has 2 N–H and O–H groups in total. The number of ketones is 1. The van der Waals surface area contributed by atoms with E-state index >= 15 is 0 Å². The van der Waals surface area contributed by atoms with Crippen LogP contribution in [0.2, 0.25) is 0 Å². The van der Waals surface area contributed by atoms with Crippen molar-refractivity contribution in [1.29, 1.82) is 5.26 Å². The molecule has 0 spiro atoms. The van der Waals surface area contributed by atoms with Crippen molar-refractivity contribution < 1.29 is 4.79 Å². The zero-order valence-corrected chi connectivity index (χ0v) is 16.5. The first-order valence-electron chi connectivity index (χ1n) is 9.01. The number of Topliss-reactive ketones (excluding diaryl/α,β-unsaturated/α-hetero) is 1.